The highest BCUT2D eigenvalue weighted by atomic mass is 32.2. The van der Waals surface area contributed by atoms with Crippen LogP contribution >= 0.6 is 11.8 Å². The van der Waals surface area contributed by atoms with E-state index in [0.29, 0.717) is 5.70 Å². The molecule has 0 aromatic carbocycles. The molecule has 96 valence electrons. The Morgan fingerprint density at radius 2 is 2.00 bits per heavy atom. The molecule has 0 bridgehead atoms. The standard InChI is InChI=1S/C10H16N2O4S/c1-5-6(7(13)14)17-8(11)12(5)9(15)16-10(2,3)4/h8H,11H2,1-4H3,(H,13,14)/t8-/m0/s1. The number of aliphatic carboxylic acids is 1. The second kappa shape index (κ2) is 4.58. The maximum absolute atomic E-state index is 11.8. The molecule has 1 aliphatic heterocycles. The zero-order chi connectivity index (χ0) is 13.4. The summed E-state index contributed by atoms with van der Waals surface area (Å²) in [4.78, 5) is 24.0. The number of carbonyl (C=O) groups excluding carboxylic acids is 1. The number of hydrogen-bond donors (Lipinski definition) is 2. The molecule has 1 atom stereocenters. The zero-order valence-electron chi connectivity index (χ0n) is 10.2. The quantitative estimate of drug-likeness (QED) is 0.742. The van der Waals surface area contributed by atoms with Gasteiger partial charge in [0, 0.05) is 5.70 Å². The van der Waals surface area contributed by atoms with Gasteiger partial charge >= 0.3 is 12.1 Å². The van der Waals surface area contributed by atoms with E-state index in [9.17, 15) is 9.59 Å². The molecule has 0 aliphatic carbocycles. The fraction of sp³-hybridized carbons (Fsp3) is 0.600. The maximum atomic E-state index is 11.8. The Bertz CT molecular complexity index is 386. The number of thioether (sulfide) groups is 1. The first-order valence-electron chi connectivity index (χ1n) is 5.02. The predicted octanol–water partition coefficient (Wildman–Crippen LogP) is 1.53. The highest BCUT2D eigenvalue weighted by Crippen LogP contribution is 2.36. The first kappa shape index (κ1) is 13.9. The first-order chi connectivity index (χ1) is 7.63. The van der Waals surface area contributed by atoms with Crippen molar-refractivity contribution in [3.8, 4) is 0 Å². The summed E-state index contributed by atoms with van der Waals surface area (Å²) in [5.74, 6) is -1.09. The lowest BCUT2D eigenvalue weighted by Crippen LogP contribution is -2.42. The lowest BCUT2D eigenvalue weighted by atomic mass is 10.2. The molecule has 0 radical (unpaired) electrons. The number of carbonyl (C=O) groups is 2. The van der Waals surface area contributed by atoms with Gasteiger partial charge in [-0.3, -0.25) is 4.90 Å². The van der Waals surface area contributed by atoms with Crippen molar-refractivity contribution in [2.45, 2.75) is 38.8 Å². The molecule has 0 spiro atoms. The van der Waals surface area contributed by atoms with Crippen molar-refractivity contribution >= 4 is 23.8 Å². The second-order valence-corrected chi connectivity index (χ2v) is 5.71. The number of ether oxygens (including phenoxy) is 1. The smallest absolute Gasteiger partial charge is 0.416 e. The minimum absolute atomic E-state index is 0.0726. The Hall–Kier alpha value is -1.21. The molecule has 7 heteroatoms. The van der Waals surface area contributed by atoms with Crippen LogP contribution < -0.4 is 5.73 Å². The molecule has 3 N–H and O–H groups in total. The van der Waals surface area contributed by atoms with Gasteiger partial charge in [0.15, 0.2) is 0 Å². The van der Waals surface area contributed by atoms with E-state index in [2.05, 4.69) is 0 Å². The Morgan fingerprint density at radius 1 is 1.47 bits per heavy atom. The lowest BCUT2D eigenvalue weighted by molar-refractivity contribution is -0.131. The van der Waals surface area contributed by atoms with E-state index in [-0.39, 0.29) is 4.91 Å². The molecule has 1 heterocycles. The van der Waals surface area contributed by atoms with Gasteiger partial charge in [0.1, 0.15) is 16.0 Å². The number of nitrogens with two attached hydrogens (primary N) is 1. The van der Waals surface area contributed by atoms with Gasteiger partial charge in [-0.15, -0.1) is 0 Å². The third kappa shape index (κ3) is 3.13. The highest BCUT2D eigenvalue weighted by molar-refractivity contribution is 8.04. The fourth-order valence-corrected chi connectivity index (χ4v) is 2.28. The summed E-state index contributed by atoms with van der Waals surface area (Å²) in [6.07, 6.45) is -0.633. The second-order valence-electron chi connectivity index (χ2n) is 4.58. The Morgan fingerprint density at radius 3 is 2.35 bits per heavy atom. The van der Waals surface area contributed by atoms with Gasteiger partial charge in [0.25, 0.3) is 0 Å². The Balaban J connectivity index is 2.91. The van der Waals surface area contributed by atoms with Gasteiger partial charge in [-0.2, -0.15) is 0 Å². The van der Waals surface area contributed by atoms with Crippen LogP contribution in [0.25, 0.3) is 0 Å². The minimum atomic E-state index is -1.09. The summed E-state index contributed by atoms with van der Waals surface area (Å²) in [6, 6.07) is 0. The van der Waals surface area contributed by atoms with Crippen LogP contribution in [0.3, 0.4) is 0 Å². The van der Waals surface area contributed by atoms with E-state index in [1.165, 1.54) is 6.92 Å². The number of amides is 1. The molecule has 0 aromatic heterocycles. The van der Waals surface area contributed by atoms with E-state index in [4.69, 9.17) is 15.6 Å². The molecule has 0 saturated heterocycles. The number of allylic oxidation sites excluding steroid dienone is 1. The monoisotopic (exact) mass is 260 g/mol. The minimum Gasteiger partial charge on any atom is -0.477 e. The Kier molecular flexibility index (Phi) is 3.73. The summed E-state index contributed by atoms with van der Waals surface area (Å²) in [7, 11) is 0. The molecule has 0 unspecified atom stereocenters. The average Bonchev–Trinajstić information content (AvgIpc) is 2.38. The van der Waals surface area contributed by atoms with Crippen LogP contribution in [-0.2, 0) is 9.53 Å². The predicted molar refractivity (Wildman–Crippen MR) is 64.0 cm³/mol. The molecular weight excluding hydrogens is 244 g/mol. The number of carboxylic acid groups (broad SMARTS) is 1. The average molecular weight is 260 g/mol. The summed E-state index contributed by atoms with van der Waals surface area (Å²) in [5.41, 5.74) is 4.61. The van der Waals surface area contributed by atoms with Crippen LogP contribution in [-0.4, -0.2) is 33.2 Å². The molecular formula is C10H16N2O4S. The number of hydrogen-bond acceptors (Lipinski definition) is 5. The van der Waals surface area contributed by atoms with Crippen LogP contribution in [0.2, 0.25) is 0 Å². The van der Waals surface area contributed by atoms with Gasteiger partial charge in [0.2, 0.25) is 0 Å². The summed E-state index contributed by atoms with van der Waals surface area (Å²) < 4.78 is 5.16. The van der Waals surface area contributed by atoms with Crippen molar-refractivity contribution < 1.29 is 19.4 Å². The van der Waals surface area contributed by atoms with Crippen LogP contribution in [0.4, 0.5) is 4.79 Å². The molecule has 1 amide bonds. The highest BCUT2D eigenvalue weighted by Gasteiger charge is 2.37. The normalized spacial score (nSPS) is 20.8. The third-order valence-electron chi connectivity index (χ3n) is 1.97. The number of nitrogens with zero attached hydrogens (tertiary/aromatic N) is 1. The largest absolute Gasteiger partial charge is 0.477 e. The maximum Gasteiger partial charge on any atom is 0.416 e. The summed E-state index contributed by atoms with van der Waals surface area (Å²) in [5, 5.41) is 8.92. The van der Waals surface area contributed by atoms with E-state index in [1.807, 2.05) is 0 Å². The number of carboxylic acids is 1. The molecule has 1 rings (SSSR count). The molecule has 0 fully saturated rings. The van der Waals surface area contributed by atoms with E-state index in [1.54, 1.807) is 20.8 Å². The van der Waals surface area contributed by atoms with Gasteiger partial charge < -0.3 is 15.6 Å². The van der Waals surface area contributed by atoms with Crippen molar-refractivity contribution in [1.29, 1.82) is 0 Å². The van der Waals surface area contributed by atoms with Crippen molar-refractivity contribution in [2.75, 3.05) is 0 Å². The van der Waals surface area contributed by atoms with Crippen molar-refractivity contribution in [2.24, 2.45) is 5.73 Å². The Labute approximate surface area is 104 Å². The van der Waals surface area contributed by atoms with Gasteiger partial charge in [0.05, 0.1) is 0 Å². The molecule has 1 aliphatic rings. The number of rotatable bonds is 1. The zero-order valence-corrected chi connectivity index (χ0v) is 11.0. The summed E-state index contributed by atoms with van der Waals surface area (Å²) >= 11 is 0.927. The lowest BCUT2D eigenvalue weighted by Gasteiger charge is -2.27. The topological polar surface area (TPSA) is 92.9 Å². The van der Waals surface area contributed by atoms with Crippen molar-refractivity contribution in [3.63, 3.8) is 0 Å². The van der Waals surface area contributed by atoms with Gasteiger partial charge in [-0.1, -0.05) is 11.8 Å². The fourth-order valence-electron chi connectivity index (χ4n) is 1.32. The van der Waals surface area contributed by atoms with Crippen LogP contribution in [0, 0.1) is 0 Å². The van der Waals surface area contributed by atoms with E-state index < -0.39 is 23.2 Å². The molecule has 0 aromatic rings. The van der Waals surface area contributed by atoms with Gasteiger partial charge in [-0.25, -0.2) is 9.59 Å². The SMILES string of the molecule is CC1=C(C(=O)O)S[C@@H](N)N1C(=O)OC(C)(C)C. The first-order valence-corrected chi connectivity index (χ1v) is 5.90. The summed E-state index contributed by atoms with van der Waals surface area (Å²) in [6.45, 7) is 6.73. The molecule has 6 nitrogen and oxygen atoms in total. The van der Waals surface area contributed by atoms with Crippen LogP contribution in [0.15, 0.2) is 10.6 Å². The van der Waals surface area contributed by atoms with E-state index >= 15 is 0 Å². The van der Waals surface area contributed by atoms with Gasteiger partial charge in [-0.05, 0) is 27.7 Å². The molecule has 0 saturated carbocycles. The van der Waals surface area contributed by atoms with Crippen LogP contribution in [0.5, 0.6) is 0 Å². The van der Waals surface area contributed by atoms with Crippen LogP contribution in [0.1, 0.15) is 27.7 Å². The third-order valence-corrected chi connectivity index (χ3v) is 3.13. The van der Waals surface area contributed by atoms with E-state index in [0.717, 1.165) is 16.7 Å². The molecule has 17 heavy (non-hydrogen) atoms. The van der Waals surface area contributed by atoms with Crippen molar-refractivity contribution in [3.05, 3.63) is 10.6 Å². The van der Waals surface area contributed by atoms with Crippen molar-refractivity contribution in [1.82, 2.24) is 4.90 Å².